The average molecular weight is 402 g/mol. The zero-order valence-electron chi connectivity index (χ0n) is 14.9. The number of hydrogen-bond acceptors (Lipinski definition) is 6. The van der Waals surface area contributed by atoms with E-state index in [9.17, 15) is 20.4 Å². The van der Waals surface area contributed by atoms with E-state index in [1.807, 2.05) is 12.1 Å². The van der Waals surface area contributed by atoms with Gasteiger partial charge in [0.1, 0.15) is 5.76 Å². The third kappa shape index (κ3) is 2.77. The van der Waals surface area contributed by atoms with Crippen LogP contribution < -0.4 is 0 Å². The number of hydrogen-bond donors (Lipinski definition) is 4. The van der Waals surface area contributed by atoms with Crippen molar-refractivity contribution in [2.24, 2.45) is 0 Å². The van der Waals surface area contributed by atoms with Crippen LogP contribution in [0.4, 0.5) is 0 Å². The van der Waals surface area contributed by atoms with Crippen LogP contribution in [0, 0.1) is 0 Å². The SMILES string of the molecule is Cl.Oc1cc2c(cc1O)C1Cc3cc(O)c(O)cc3C(C2)N1Cc1ccco1. The van der Waals surface area contributed by atoms with E-state index in [0.29, 0.717) is 19.4 Å². The highest BCUT2D eigenvalue weighted by molar-refractivity contribution is 5.85. The van der Waals surface area contributed by atoms with Crippen molar-refractivity contribution in [1.82, 2.24) is 4.90 Å². The van der Waals surface area contributed by atoms with Crippen molar-refractivity contribution in [3.63, 3.8) is 0 Å². The molecule has 0 amide bonds. The fourth-order valence-corrected chi connectivity index (χ4v) is 4.49. The molecule has 5 rings (SSSR count). The minimum Gasteiger partial charge on any atom is -0.504 e. The van der Waals surface area contributed by atoms with Crippen LogP contribution in [0.25, 0.3) is 0 Å². The Morgan fingerprint density at radius 1 is 0.821 bits per heavy atom. The van der Waals surface area contributed by atoms with Crippen molar-refractivity contribution < 1.29 is 24.8 Å². The van der Waals surface area contributed by atoms with Crippen LogP contribution in [-0.2, 0) is 19.4 Å². The Labute approximate surface area is 167 Å². The summed E-state index contributed by atoms with van der Waals surface area (Å²) in [5.74, 6) is 0.317. The van der Waals surface area contributed by atoms with E-state index in [-0.39, 0.29) is 47.5 Å². The first-order valence-corrected chi connectivity index (χ1v) is 8.89. The summed E-state index contributed by atoms with van der Waals surface area (Å²) in [5.41, 5.74) is 3.89. The number of benzene rings is 2. The molecule has 2 aliphatic rings. The highest BCUT2D eigenvalue weighted by atomic mass is 35.5. The summed E-state index contributed by atoms with van der Waals surface area (Å²) in [6, 6.07) is 10.2. The molecule has 146 valence electrons. The molecule has 2 atom stereocenters. The number of phenols is 4. The Balaban J connectivity index is 0.00000192. The van der Waals surface area contributed by atoms with E-state index in [1.54, 1.807) is 30.5 Å². The van der Waals surface area contributed by atoms with Crippen LogP contribution in [0.1, 0.15) is 40.1 Å². The van der Waals surface area contributed by atoms with Crippen molar-refractivity contribution in [3.8, 4) is 23.0 Å². The molecule has 0 saturated carbocycles. The number of aromatic hydroxyl groups is 4. The van der Waals surface area contributed by atoms with Crippen LogP contribution in [-0.4, -0.2) is 25.3 Å². The maximum Gasteiger partial charge on any atom is 0.157 e. The standard InChI is InChI=1S/C21H19NO5.ClH/c23-18-6-11-4-16-15-9-21(26)19(24)7-12(15)5-17(14(11)8-20(18)25)22(16)10-13-2-1-3-27-13;/h1-3,6-9,16-17,23-26H,4-5,10H2;1H. The number of phenolic OH excluding ortho intramolecular Hbond substituents is 4. The van der Waals surface area contributed by atoms with Crippen LogP contribution in [0.5, 0.6) is 23.0 Å². The zero-order chi connectivity index (χ0) is 18.7. The van der Waals surface area contributed by atoms with Gasteiger partial charge < -0.3 is 24.8 Å². The van der Waals surface area contributed by atoms with Crippen molar-refractivity contribution >= 4 is 12.4 Å². The molecular weight excluding hydrogens is 382 g/mol. The van der Waals surface area contributed by atoms with Gasteiger partial charge in [-0.1, -0.05) is 0 Å². The van der Waals surface area contributed by atoms with Gasteiger partial charge in [0.15, 0.2) is 23.0 Å². The lowest BCUT2D eigenvalue weighted by Gasteiger charge is -2.47. The number of rotatable bonds is 2. The number of fused-ring (bicyclic) bond motifs is 6. The second-order valence-electron chi connectivity index (χ2n) is 7.27. The summed E-state index contributed by atoms with van der Waals surface area (Å²) in [5, 5.41) is 39.9. The molecule has 3 aromatic rings. The Morgan fingerprint density at radius 3 is 1.79 bits per heavy atom. The summed E-state index contributed by atoms with van der Waals surface area (Å²) in [7, 11) is 0. The van der Waals surface area contributed by atoms with Gasteiger partial charge in [-0.05, 0) is 71.5 Å². The third-order valence-corrected chi connectivity index (χ3v) is 5.74. The molecule has 1 aromatic heterocycles. The van der Waals surface area contributed by atoms with Gasteiger partial charge in [0.05, 0.1) is 12.8 Å². The molecule has 2 bridgehead atoms. The van der Waals surface area contributed by atoms with Crippen LogP contribution in [0.15, 0.2) is 47.1 Å². The Hall–Kier alpha value is -2.83. The molecule has 3 heterocycles. The highest BCUT2D eigenvalue weighted by Crippen LogP contribution is 2.51. The minimum absolute atomic E-state index is 0. The first-order valence-electron chi connectivity index (χ1n) is 8.89. The van der Waals surface area contributed by atoms with Gasteiger partial charge in [-0.3, -0.25) is 4.90 Å². The molecule has 7 heteroatoms. The smallest absolute Gasteiger partial charge is 0.157 e. The van der Waals surface area contributed by atoms with Gasteiger partial charge in [0, 0.05) is 12.1 Å². The van der Waals surface area contributed by atoms with Gasteiger partial charge in [-0.25, -0.2) is 0 Å². The topological polar surface area (TPSA) is 97.3 Å². The third-order valence-electron chi connectivity index (χ3n) is 5.74. The fourth-order valence-electron chi connectivity index (χ4n) is 4.49. The summed E-state index contributed by atoms with van der Waals surface area (Å²) in [6.45, 7) is 0.588. The predicted octanol–water partition coefficient (Wildman–Crippen LogP) is 3.92. The highest BCUT2D eigenvalue weighted by Gasteiger charge is 2.41. The molecule has 0 saturated heterocycles. The van der Waals surface area contributed by atoms with Crippen LogP contribution in [0.3, 0.4) is 0 Å². The maximum absolute atomic E-state index is 10.0. The minimum atomic E-state index is -0.135. The van der Waals surface area contributed by atoms with E-state index in [1.165, 1.54) is 0 Å². The lowest BCUT2D eigenvalue weighted by atomic mass is 9.76. The molecule has 0 aliphatic carbocycles. The lowest BCUT2D eigenvalue weighted by Crippen LogP contribution is -2.42. The van der Waals surface area contributed by atoms with E-state index in [4.69, 9.17) is 4.42 Å². The second kappa shape index (κ2) is 6.65. The first-order chi connectivity index (χ1) is 13.0. The summed E-state index contributed by atoms with van der Waals surface area (Å²) in [6.07, 6.45) is 2.89. The molecule has 28 heavy (non-hydrogen) atoms. The van der Waals surface area contributed by atoms with Gasteiger partial charge in [0.2, 0.25) is 0 Å². The van der Waals surface area contributed by atoms with Crippen molar-refractivity contribution in [1.29, 1.82) is 0 Å². The molecule has 4 N–H and O–H groups in total. The van der Waals surface area contributed by atoms with Gasteiger partial charge in [0.25, 0.3) is 0 Å². The molecule has 0 fully saturated rings. The Morgan fingerprint density at radius 2 is 1.32 bits per heavy atom. The summed E-state index contributed by atoms with van der Waals surface area (Å²) in [4.78, 5) is 2.29. The molecule has 0 spiro atoms. The molecule has 6 nitrogen and oxygen atoms in total. The normalized spacial score (nSPS) is 20.1. The van der Waals surface area contributed by atoms with Crippen molar-refractivity contribution in [2.75, 3.05) is 0 Å². The van der Waals surface area contributed by atoms with E-state index < -0.39 is 0 Å². The second-order valence-corrected chi connectivity index (χ2v) is 7.27. The fraction of sp³-hybridized carbons (Fsp3) is 0.238. The first kappa shape index (κ1) is 18.5. The Bertz CT molecular complexity index is 968. The molecule has 2 aliphatic heterocycles. The Kier molecular flexibility index (Phi) is 4.40. The van der Waals surface area contributed by atoms with Gasteiger partial charge in [-0.2, -0.15) is 0 Å². The van der Waals surface area contributed by atoms with E-state index >= 15 is 0 Å². The van der Waals surface area contributed by atoms with Crippen LogP contribution in [0.2, 0.25) is 0 Å². The molecule has 2 aromatic carbocycles. The van der Waals surface area contributed by atoms with Crippen molar-refractivity contribution in [2.45, 2.75) is 31.5 Å². The van der Waals surface area contributed by atoms with Crippen molar-refractivity contribution in [3.05, 3.63) is 70.7 Å². The average Bonchev–Trinajstić information content (AvgIpc) is 3.13. The van der Waals surface area contributed by atoms with E-state index in [2.05, 4.69) is 4.90 Å². The maximum atomic E-state index is 10.0. The van der Waals surface area contributed by atoms with Gasteiger partial charge >= 0.3 is 0 Å². The van der Waals surface area contributed by atoms with Gasteiger partial charge in [-0.15, -0.1) is 12.4 Å². The number of furan rings is 1. The lowest BCUT2D eigenvalue weighted by molar-refractivity contribution is 0.0834. The number of halogens is 1. The predicted molar refractivity (Wildman–Crippen MR) is 104 cm³/mol. The molecule has 2 unspecified atom stereocenters. The zero-order valence-corrected chi connectivity index (χ0v) is 15.7. The number of nitrogens with zero attached hydrogens (tertiary/aromatic N) is 1. The summed E-state index contributed by atoms with van der Waals surface area (Å²) >= 11 is 0. The monoisotopic (exact) mass is 401 g/mol. The molecule has 0 radical (unpaired) electrons. The largest absolute Gasteiger partial charge is 0.504 e. The van der Waals surface area contributed by atoms with Crippen LogP contribution >= 0.6 is 12.4 Å². The quantitative estimate of drug-likeness (QED) is 0.486. The van der Waals surface area contributed by atoms with E-state index in [0.717, 1.165) is 28.0 Å². The summed E-state index contributed by atoms with van der Waals surface area (Å²) < 4.78 is 5.54. The molecular formula is C21H20ClNO5.